The first-order chi connectivity index (χ1) is 13.9. The van der Waals surface area contributed by atoms with Gasteiger partial charge in [0.25, 0.3) is 0 Å². The Morgan fingerprint density at radius 1 is 1.14 bits per heavy atom. The second kappa shape index (κ2) is 8.67. The van der Waals surface area contributed by atoms with Gasteiger partial charge >= 0.3 is 0 Å². The Kier molecular flexibility index (Phi) is 6.24. The van der Waals surface area contributed by atoms with Gasteiger partial charge in [-0.3, -0.25) is 4.79 Å². The largest absolute Gasteiger partial charge is 0.497 e. The second-order valence-corrected chi connectivity index (χ2v) is 8.40. The van der Waals surface area contributed by atoms with Crippen molar-refractivity contribution in [3.8, 4) is 5.75 Å². The number of benzene rings is 2. The van der Waals surface area contributed by atoms with Crippen LogP contribution in [0.4, 0.5) is 5.69 Å². The lowest BCUT2D eigenvalue weighted by Crippen LogP contribution is -2.30. The first kappa shape index (κ1) is 20.9. The predicted octanol–water partition coefficient (Wildman–Crippen LogP) is 3.65. The van der Waals surface area contributed by atoms with Gasteiger partial charge in [0.05, 0.1) is 24.7 Å². The maximum atomic E-state index is 12.7. The zero-order chi connectivity index (χ0) is 21.0. The quantitative estimate of drug-likeness (QED) is 0.605. The van der Waals surface area contributed by atoms with Gasteiger partial charge in [-0.15, -0.1) is 0 Å². The molecule has 0 fully saturated rings. The molecule has 0 radical (unpaired) electrons. The normalized spacial score (nSPS) is 11.7. The molecule has 0 saturated heterocycles. The fourth-order valence-corrected chi connectivity index (χ4v) is 4.66. The summed E-state index contributed by atoms with van der Waals surface area (Å²) in [5.74, 6) is 0.412. The van der Waals surface area contributed by atoms with E-state index in [-0.39, 0.29) is 17.2 Å². The number of rotatable bonds is 8. The molecular weight excluding hydrogens is 392 g/mol. The minimum Gasteiger partial charge on any atom is -0.497 e. The number of sulfonamides is 1. The number of nitrogens with zero attached hydrogens (tertiary/aromatic N) is 1. The van der Waals surface area contributed by atoms with Crippen molar-refractivity contribution in [3.63, 3.8) is 0 Å². The van der Waals surface area contributed by atoms with E-state index in [2.05, 4.69) is 5.32 Å². The number of methoxy groups -OCH3 is 1. The van der Waals surface area contributed by atoms with Crippen LogP contribution in [0.25, 0.3) is 11.0 Å². The predicted molar refractivity (Wildman–Crippen MR) is 112 cm³/mol. The van der Waals surface area contributed by atoms with E-state index in [1.807, 2.05) is 6.07 Å². The van der Waals surface area contributed by atoms with E-state index in [1.54, 1.807) is 51.5 Å². The van der Waals surface area contributed by atoms with Gasteiger partial charge < -0.3 is 14.5 Å². The van der Waals surface area contributed by atoms with Crippen LogP contribution in [0.5, 0.6) is 5.75 Å². The molecule has 0 bridgehead atoms. The van der Waals surface area contributed by atoms with Gasteiger partial charge in [0.2, 0.25) is 15.9 Å². The summed E-state index contributed by atoms with van der Waals surface area (Å²) in [6, 6.07) is 11.7. The minimum absolute atomic E-state index is 0.104. The molecule has 154 valence electrons. The smallest absolute Gasteiger partial charge is 0.243 e. The highest BCUT2D eigenvalue weighted by Crippen LogP contribution is 2.26. The lowest BCUT2D eigenvalue weighted by atomic mass is 10.1. The molecule has 3 rings (SSSR count). The number of anilines is 1. The molecule has 1 heterocycles. The van der Waals surface area contributed by atoms with Crippen molar-refractivity contribution in [3.05, 3.63) is 54.3 Å². The van der Waals surface area contributed by atoms with Crippen molar-refractivity contribution in [2.24, 2.45) is 0 Å². The molecule has 29 heavy (non-hydrogen) atoms. The van der Waals surface area contributed by atoms with E-state index in [1.165, 1.54) is 16.4 Å². The van der Waals surface area contributed by atoms with E-state index >= 15 is 0 Å². The molecule has 7 nitrogen and oxygen atoms in total. The molecule has 0 aliphatic rings. The molecule has 0 aliphatic carbocycles. The van der Waals surface area contributed by atoms with Crippen LogP contribution < -0.4 is 10.1 Å². The lowest BCUT2D eigenvalue weighted by molar-refractivity contribution is -0.115. The second-order valence-electron chi connectivity index (χ2n) is 6.47. The number of carbonyl (C=O) groups is 1. The van der Waals surface area contributed by atoms with Crippen LogP contribution in [-0.4, -0.2) is 38.8 Å². The summed E-state index contributed by atoms with van der Waals surface area (Å²) in [4.78, 5) is 12.7. The fraction of sp³-hybridized carbons (Fsp3) is 0.286. The molecule has 0 spiro atoms. The summed E-state index contributed by atoms with van der Waals surface area (Å²) in [5.41, 5.74) is 1.81. The topological polar surface area (TPSA) is 88.9 Å². The minimum atomic E-state index is -3.59. The Balaban J connectivity index is 1.76. The van der Waals surface area contributed by atoms with Crippen LogP contribution in [0.1, 0.15) is 19.4 Å². The molecule has 0 saturated carbocycles. The number of ether oxygens (including phenoxy) is 1. The van der Waals surface area contributed by atoms with Crippen LogP contribution in [-0.2, 0) is 21.2 Å². The number of hydrogen-bond donors (Lipinski definition) is 1. The first-order valence-corrected chi connectivity index (χ1v) is 10.8. The zero-order valence-electron chi connectivity index (χ0n) is 16.6. The number of furan rings is 1. The number of hydrogen-bond acceptors (Lipinski definition) is 5. The molecule has 8 heteroatoms. The van der Waals surface area contributed by atoms with Gasteiger partial charge in [-0.2, -0.15) is 4.31 Å². The van der Waals surface area contributed by atoms with Crippen molar-refractivity contribution >= 4 is 32.6 Å². The van der Waals surface area contributed by atoms with E-state index < -0.39 is 10.0 Å². The SMILES string of the molecule is CCN(CC)S(=O)(=O)c1cccc(NC(=O)Cc2coc3cc(OC)ccc23)c1. The monoisotopic (exact) mass is 416 g/mol. The van der Waals surface area contributed by atoms with Gasteiger partial charge in [0.1, 0.15) is 11.3 Å². The Labute approximate surface area is 170 Å². The third kappa shape index (κ3) is 4.44. The highest BCUT2D eigenvalue weighted by atomic mass is 32.2. The van der Waals surface area contributed by atoms with Crippen molar-refractivity contribution in [2.45, 2.75) is 25.2 Å². The summed E-state index contributed by atoms with van der Waals surface area (Å²) in [5, 5.41) is 3.60. The van der Waals surface area contributed by atoms with Crippen LogP contribution >= 0.6 is 0 Å². The molecule has 1 amide bonds. The standard InChI is InChI=1S/C21H24N2O5S/c1-4-23(5-2)29(25,26)18-8-6-7-16(12-18)22-21(24)11-15-14-28-20-13-17(27-3)9-10-19(15)20/h6-10,12-14H,4-5,11H2,1-3H3,(H,22,24). The summed E-state index contributed by atoms with van der Waals surface area (Å²) in [6.07, 6.45) is 1.65. The van der Waals surface area contributed by atoms with Crippen LogP contribution in [0, 0.1) is 0 Å². The summed E-state index contributed by atoms with van der Waals surface area (Å²) in [6.45, 7) is 4.34. The summed E-state index contributed by atoms with van der Waals surface area (Å²) >= 11 is 0. The third-order valence-electron chi connectivity index (χ3n) is 4.67. The summed E-state index contributed by atoms with van der Waals surface area (Å²) < 4.78 is 37.4. The highest BCUT2D eigenvalue weighted by Gasteiger charge is 2.22. The Morgan fingerprint density at radius 3 is 2.59 bits per heavy atom. The Hall–Kier alpha value is -2.84. The van der Waals surface area contributed by atoms with Crippen molar-refractivity contribution in [1.29, 1.82) is 0 Å². The van der Waals surface area contributed by atoms with E-state index in [0.717, 1.165) is 10.9 Å². The van der Waals surface area contributed by atoms with E-state index in [9.17, 15) is 13.2 Å². The average Bonchev–Trinajstić information content (AvgIpc) is 3.10. The number of nitrogens with one attached hydrogen (secondary N) is 1. The Morgan fingerprint density at radius 2 is 1.90 bits per heavy atom. The highest BCUT2D eigenvalue weighted by molar-refractivity contribution is 7.89. The van der Waals surface area contributed by atoms with Crippen molar-refractivity contribution in [2.75, 3.05) is 25.5 Å². The molecule has 0 unspecified atom stereocenters. The summed E-state index contributed by atoms with van der Waals surface area (Å²) in [7, 11) is -2.01. The van der Waals surface area contributed by atoms with Crippen molar-refractivity contribution < 1.29 is 22.4 Å². The zero-order valence-corrected chi connectivity index (χ0v) is 17.5. The van der Waals surface area contributed by atoms with Crippen LogP contribution in [0.3, 0.4) is 0 Å². The maximum absolute atomic E-state index is 12.7. The van der Waals surface area contributed by atoms with Gasteiger partial charge in [-0.1, -0.05) is 19.9 Å². The molecule has 0 aliphatic heterocycles. The van der Waals surface area contributed by atoms with E-state index in [0.29, 0.717) is 30.1 Å². The third-order valence-corrected chi connectivity index (χ3v) is 6.72. The van der Waals surface area contributed by atoms with Gasteiger partial charge in [0.15, 0.2) is 0 Å². The molecule has 3 aromatic rings. The molecule has 1 N–H and O–H groups in total. The molecule has 2 aromatic carbocycles. The molecular formula is C21H24N2O5S. The average molecular weight is 416 g/mol. The van der Waals surface area contributed by atoms with Crippen LogP contribution in [0.15, 0.2) is 58.0 Å². The number of carbonyl (C=O) groups excluding carboxylic acids is 1. The van der Waals surface area contributed by atoms with Gasteiger partial charge in [-0.05, 0) is 30.3 Å². The Bertz CT molecular complexity index is 1120. The van der Waals surface area contributed by atoms with Gasteiger partial charge in [0, 0.05) is 35.8 Å². The molecule has 0 atom stereocenters. The fourth-order valence-electron chi connectivity index (χ4n) is 3.15. The lowest BCUT2D eigenvalue weighted by Gasteiger charge is -2.18. The maximum Gasteiger partial charge on any atom is 0.243 e. The van der Waals surface area contributed by atoms with Crippen LogP contribution in [0.2, 0.25) is 0 Å². The first-order valence-electron chi connectivity index (χ1n) is 9.33. The van der Waals surface area contributed by atoms with Gasteiger partial charge in [-0.25, -0.2) is 8.42 Å². The van der Waals surface area contributed by atoms with Crippen molar-refractivity contribution in [1.82, 2.24) is 4.31 Å². The molecule has 1 aromatic heterocycles. The number of fused-ring (bicyclic) bond motifs is 1. The number of amides is 1. The van der Waals surface area contributed by atoms with E-state index in [4.69, 9.17) is 9.15 Å².